The molecule has 0 aliphatic rings. The highest BCUT2D eigenvalue weighted by atomic mass is 15.0. The van der Waals surface area contributed by atoms with Crippen LogP contribution in [0.1, 0.15) is 77.3 Å². The zero-order valence-corrected chi connectivity index (χ0v) is 11.9. The summed E-state index contributed by atoms with van der Waals surface area (Å²) in [7, 11) is 4.21. The molecular weight excluding hydrogens is 194 g/mol. The maximum Gasteiger partial charge on any atom is -0.0238 e. The molecule has 0 amide bonds. The summed E-state index contributed by atoms with van der Waals surface area (Å²) in [6, 6.07) is 2.34. The van der Waals surface area contributed by atoms with E-state index in [0.717, 1.165) is 0 Å². The Morgan fingerprint density at radius 2 is 1.56 bits per heavy atom. The maximum atomic E-state index is 4.21. The molecule has 0 fully saturated rings. The van der Waals surface area contributed by atoms with Crippen molar-refractivity contribution < 1.29 is 0 Å². The normalized spacial score (nSPS) is 12.8. The van der Waals surface area contributed by atoms with Crippen LogP contribution >= 0.6 is 0 Å². The van der Waals surface area contributed by atoms with Crippen LogP contribution in [0.15, 0.2) is 6.07 Å². The number of aromatic nitrogens is 1. The third kappa shape index (κ3) is 2.28. The fourth-order valence-electron chi connectivity index (χ4n) is 2.29. The summed E-state index contributed by atoms with van der Waals surface area (Å²) >= 11 is 0. The van der Waals surface area contributed by atoms with Crippen LogP contribution in [0.2, 0.25) is 0 Å². The van der Waals surface area contributed by atoms with Gasteiger partial charge in [-0.3, -0.25) is 0 Å². The molecule has 92 valence electrons. The summed E-state index contributed by atoms with van der Waals surface area (Å²) in [5.41, 5.74) is 4.37. The van der Waals surface area contributed by atoms with Crippen molar-refractivity contribution in [2.75, 3.05) is 0 Å². The zero-order chi connectivity index (χ0) is 12.7. The number of hydrogen-bond donors (Lipinski definition) is 0. The second kappa shape index (κ2) is 4.20. The van der Waals surface area contributed by atoms with Crippen molar-refractivity contribution in [1.29, 1.82) is 0 Å². The zero-order valence-electron chi connectivity index (χ0n) is 11.9. The van der Waals surface area contributed by atoms with Crippen molar-refractivity contribution >= 4 is 0 Å². The minimum Gasteiger partial charge on any atom is -0.487 e. The van der Waals surface area contributed by atoms with E-state index in [-0.39, 0.29) is 5.41 Å². The molecule has 0 saturated heterocycles. The van der Waals surface area contributed by atoms with Gasteiger partial charge in [0.25, 0.3) is 0 Å². The third-order valence-corrected chi connectivity index (χ3v) is 3.12. The van der Waals surface area contributed by atoms with Crippen LogP contribution in [-0.4, -0.2) is 4.57 Å². The van der Waals surface area contributed by atoms with Crippen LogP contribution in [0, 0.1) is 7.05 Å². The lowest BCUT2D eigenvalue weighted by atomic mass is 9.84. The second-order valence-electron chi connectivity index (χ2n) is 6.36. The van der Waals surface area contributed by atoms with Gasteiger partial charge in [-0.25, -0.2) is 0 Å². The van der Waals surface area contributed by atoms with E-state index in [1.165, 1.54) is 17.0 Å². The van der Waals surface area contributed by atoms with Gasteiger partial charge >= 0.3 is 0 Å². The van der Waals surface area contributed by atoms with Gasteiger partial charge in [0.15, 0.2) is 0 Å². The van der Waals surface area contributed by atoms with E-state index in [0.29, 0.717) is 11.8 Å². The molecule has 0 aromatic carbocycles. The Kier molecular flexibility index (Phi) is 3.47. The van der Waals surface area contributed by atoms with Gasteiger partial charge in [-0.1, -0.05) is 77.3 Å². The van der Waals surface area contributed by atoms with E-state index in [4.69, 9.17) is 0 Å². The molecule has 0 spiro atoms. The van der Waals surface area contributed by atoms with Crippen LogP contribution in [0.5, 0.6) is 0 Å². The van der Waals surface area contributed by atoms with Gasteiger partial charge in [-0.2, -0.15) is 0 Å². The smallest absolute Gasteiger partial charge is 0.0238 e. The Hall–Kier alpha value is -0.850. The summed E-state index contributed by atoms with van der Waals surface area (Å²) in [5, 5.41) is 0. The fourth-order valence-corrected chi connectivity index (χ4v) is 2.29. The predicted molar refractivity (Wildman–Crippen MR) is 72.1 cm³/mol. The fraction of sp³-hybridized carbons (Fsp3) is 0.667. The number of nitrogens with zero attached hydrogens (tertiary/aromatic N) is 1. The van der Waals surface area contributed by atoms with Gasteiger partial charge in [-0.05, 0) is 5.41 Å². The summed E-state index contributed by atoms with van der Waals surface area (Å²) in [4.78, 5) is 0. The first kappa shape index (κ1) is 13.2. The average Bonchev–Trinajstić information content (AvgIpc) is 2.41. The van der Waals surface area contributed by atoms with Crippen molar-refractivity contribution in [3.63, 3.8) is 0 Å². The average molecular weight is 220 g/mol. The van der Waals surface area contributed by atoms with E-state index in [1.807, 2.05) is 0 Å². The molecule has 1 nitrogen and oxygen atoms in total. The van der Waals surface area contributed by atoms with Crippen LogP contribution in [-0.2, 0) is 5.41 Å². The summed E-state index contributed by atoms with van der Waals surface area (Å²) in [5.74, 6) is 1.06. The first-order valence-electron chi connectivity index (χ1n) is 6.23. The summed E-state index contributed by atoms with van der Waals surface area (Å²) in [6.45, 7) is 15.8. The van der Waals surface area contributed by atoms with E-state index in [1.54, 1.807) is 0 Å². The lowest BCUT2D eigenvalue weighted by molar-refractivity contribution is 0.572. The summed E-state index contributed by atoms with van der Waals surface area (Å²) < 4.78 is 2.15. The second-order valence-corrected chi connectivity index (χ2v) is 6.36. The topological polar surface area (TPSA) is 4.93 Å². The highest BCUT2D eigenvalue weighted by Gasteiger charge is 2.19. The number of rotatable bonds is 2. The van der Waals surface area contributed by atoms with Crippen LogP contribution in [0.4, 0.5) is 0 Å². The minimum absolute atomic E-state index is 0.201. The van der Waals surface area contributed by atoms with Crippen molar-refractivity contribution in [2.24, 2.45) is 0 Å². The van der Waals surface area contributed by atoms with Crippen molar-refractivity contribution in [3.05, 3.63) is 30.1 Å². The molecule has 0 saturated carbocycles. The van der Waals surface area contributed by atoms with E-state index in [2.05, 4.69) is 66.1 Å². The maximum absolute atomic E-state index is 4.21. The van der Waals surface area contributed by atoms with Gasteiger partial charge < -0.3 is 4.57 Å². The van der Waals surface area contributed by atoms with Gasteiger partial charge in [0.2, 0.25) is 0 Å². The quantitative estimate of drug-likeness (QED) is 0.638. The van der Waals surface area contributed by atoms with E-state index < -0.39 is 0 Å². The van der Waals surface area contributed by atoms with Gasteiger partial charge in [-0.15, -0.1) is 13.1 Å². The standard InChI is InChI=1S/C15H26N/c1-10(2)13-9-12(15(5,6)7)14(11(3)4)16(13)8/h9-11H,8H2,1-7H3/q-1. The van der Waals surface area contributed by atoms with Crippen LogP contribution in [0.3, 0.4) is 0 Å². The van der Waals surface area contributed by atoms with Gasteiger partial charge in [0, 0.05) is 0 Å². The number of hydrogen-bond acceptors (Lipinski definition) is 0. The monoisotopic (exact) mass is 220 g/mol. The highest BCUT2D eigenvalue weighted by molar-refractivity contribution is 5.37. The molecule has 0 aliphatic carbocycles. The van der Waals surface area contributed by atoms with Crippen molar-refractivity contribution in [1.82, 2.24) is 4.57 Å². The van der Waals surface area contributed by atoms with Crippen LogP contribution in [0.25, 0.3) is 0 Å². The molecule has 1 aromatic rings. The minimum atomic E-state index is 0.201. The Bertz CT molecular complexity index is 362. The molecule has 0 N–H and O–H groups in total. The molecule has 1 heterocycles. The molecule has 0 atom stereocenters. The van der Waals surface area contributed by atoms with Crippen LogP contribution < -0.4 is 0 Å². The predicted octanol–water partition coefficient (Wildman–Crippen LogP) is 4.67. The highest BCUT2D eigenvalue weighted by Crippen LogP contribution is 2.35. The molecule has 1 aromatic heterocycles. The van der Waals surface area contributed by atoms with E-state index in [9.17, 15) is 0 Å². The SMILES string of the molecule is [CH2-]n1c(C(C)C)cc(C(C)(C)C)c1C(C)C. The molecule has 0 aliphatic heterocycles. The van der Waals surface area contributed by atoms with Crippen molar-refractivity contribution in [3.8, 4) is 0 Å². The molecule has 1 heteroatoms. The van der Waals surface area contributed by atoms with Gasteiger partial charge in [0.1, 0.15) is 0 Å². The van der Waals surface area contributed by atoms with Crippen molar-refractivity contribution in [2.45, 2.75) is 65.7 Å². The largest absolute Gasteiger partial charge is 0.487 e. The Balaban J connectivity index is 3.44. The molecular formula is C15H26N-. The Morgan fingerprint density at radius 3 is 1.81 bits per heavy atom. The third-order valence-electron chi connectivity index (χ3n) is 3.12. The lowest BCUT2D eigenvalue weighted by Crippen LogP contribution is -2.14. The molecule has 16 heavy (non-hydrogen) atoms. The Labute approximate surface area is 101 Å². The first-order valence-corrected chi connectivity index (χ1v) is 6.23. The first-order chi connectivity index (χ1) is 7.16. The van der Waals surface area contributed by atoms with Gasteiger partial charge in [0.05, 0.1) is 0 Å². The molecule has 0 bridgehead atoms. The molecule has 0 unspecified atom stereocenters. The molecule has 0 radical (unpaired) electrons. The summed E-state index contributed by atoms with van der Waals surface area (Å²) in [6.07, 6.45) is 0. The molecule has 1 rings (SSSR count). The lowest BCUT2D eigenvalue weighted by Gasteiger charge is -2.27. The Morgan fingerprint density at radius 1 is 1.06 bits per heavy atom. The van der Waals surface area contributed by atoms with E-state index >= 15 is 0 Å².